The molecule has 2 amide bonds. The largest absolute Gasteiger partial charge is 0.322 e. The Kier molecular flexibility index (Phi) is 6.51. The summed E-state index contributed by atoms with van der Waals surface area (Å²) in [5.41, 5.74) is 5.25. The fourth-order valence-corrected chi connectivity index (χ4v) is 4.28. The zero-order valence-electron chi connectivity index (χ0n) is 20.9. The van der Waals surface area contributed by atoms with Gasteiger partial charge in [0.05, 0.1) is 22.5 Å². The normalized spacial score (nSPS) is 11.0. The summed E-state index contributed by atoms with van der Waals surface area (Å²) in [6.45, 7) is 7.22. The van der Waals surface area contributed by atoms with Gasteiger partial charge in [-0.25, -0.2) is 4.98 Å². The number of benzene rings is 2. The molecule has 0 saturated carbocycles. The molecule has 0 saturated heterocycles. The highest BCUT2D eigenvalue weighted by Crippen LogP contribution is 2.28. The Bertz CT molecular complexity index is 1620. The fraction of sp³-hybridized carbons (Fsp3) is 0.179. The van der Waals surface area contributed by atoms with Crippen LogP contribution in [-0.2, 0) is 13.1 Å². The number of fused-ring (bicyclic) bond motifs is 1. The first kappa shape index (κ1) is 23.9. The van der Waals surface area contributed by atoms with Crippen LogP contribution in [0.4, 0.5) is 11.4 Å². The van der Waals surface area contributed by atoms with Gasteiger partial charge in [-0.1, -0.05) is 24.3 Å². The summed E-state index contributed by atoms with van der Waals surface area (Å²) in [7, 11) is 0. The quantitative estimate of drug-likeness (QED) is 0.326. The number of nitrogens with zero attached hydrogens (tertiary/aromatic N) is 5. The van der Waals surface area contributed by atoms with Crippen molar-refractivity contribution >= 4 is 34.1 Å². The van der Waals surface area contributed by atoms with Crippen LogP contribution in [0, 0.1) is 6.92 Å². The van der Waals surface area contributed by atoms with E-state index in [4.69, 9.17) is 4.98 Å². The van der Waals surface area contributed by atoms with Crippen LogP contribution in [0.1, 0.15) is 40.4 Å². The topological polar surface area (TPSA) is 107 Å². The molecular formula is C28H27N7O2. The smallest absolute Gasteiger partial charge is 0.273 e. The molecule has 9 nitrogen and oxygen atoms in total. The maximum absolute atomic E-state index is 13.5. The van der Waals surface area contributed by atoms with E-state index in [1.807, 2.05) is 55.9 Å². The van der Waals surface area contributed by atoms with Gasteiger partial charge in [0.2, 0.25) is 0 Å². The summed E-state index contributed by atoms with van der Waals surface area (Å²) in [6.07, 6.45) is 3.54. The van der Waals surface area contributed by atoms with E-state index in [0.717, 1.165) is 28.7 Å². The predicted molar refractivity (Wildman–Crippen MR) is 144 cm³/mol. The summed E-state index contributed by atoms with van der Waals surface area (Å²) in [5.74, 6) is -0.538. The van der Waals surface area contributed by atoms with Gasteiger partial charge in [-0.2, -0.15) is 10.2 Å². The number of hydrogen-bond acceptors (Lipinski definition) is 5. The minimum absolute atomic E-state index is 0.268. The van der Waals surface area contributed by atoms with Crippen molar-refractivity contribution in [1.29, 1.82) is 0 Å². The van der Waals surface area contributed by atoms with Crippen LogP contribution in [-0.4, -0.2) is 36.4 Å². The molecule has 0 aliphatic carbocycles. The lowest BCUT2D eigenvalue weighted by molar-refractivity contribution is 0.101. The van der Waals surface area contributed by atoms with Crippen LogP contribution in [0.15, 0.2) is 73.1 Å². The average Bonchev–Trinajstić information content (AvgIpc) is 3.54. The summed E-state index contributed by atoms with van der Waals surface area (Å²) in [6, 6.07) is 18.1. The number of para-hydroxylation sites is 1. The number of carbonyl (C=O) groups excluding carboxylic acids is 2. The number of anilines is 2. The molecule has 5 aromatic rings. The van der Waals surface area contributed by atoms with Gasteiger partial charge < -0.3 is 10.6 Å². The van der Waals surface area contributed by atoms with Crippen LogP contribution in [0.3, 0.4) is 0 Å². The minimum atomic E-state index is -0.270. The first-order valence-corrected chi connectivity index (χ1v) is 12.2. The maximum atomic E-state index is 13.5. The number of carbonyl (C=O) groups is 2. The molecule has 0 spiro atoms. The van der Waals surface area contributed by atoms with Gasteiger partial charge in [0, 0.05) is 47.8 Å². The number of aromatic nitrogens is 5. The van der Waals surface area contributed by atoms with Crippen molar-refractivity contribution in [3.63, 3.8) is 0 Å². The highest BCUT2D eigenvalue weighted by atomic mass is 16.2. The standard InChI is InChI=1S/C28H27N7O2/c1-4-34-17-23(18(3)33-34)25-16-22(21-11-6-7-12-24(21)32-25)27(36)30-19-9-8-10-20(15-19)31-28(37)26-13-14-29-35(26)5-2/h6-17H,4-5H2,1-3H3,(H,30,36)(H,31,37). The lowest BCUT2D eigenvalue weighted by Crippen LogP contribution is -2.17. The lowest BCUT2D eigenvalue weighted by atomic mass is 10.0. The molecule has 2 aromatic carbocycles. The number of hydrogen-bond donors (Lipinski definition) is 2. The van der Waals surface area contributed by atoms with Gasteiger partial charge in [0.25, 0.3) is 11.8 Å². The van der Waals surface area contributed by atoms with Crippen molar-refractivity contribution in [2.45, 2.75) is 33.9 Å². The van der Waals surface area contributed by atoms with Crippen molar-refractivity contribution in [3.05, 3.63) is 90.0 Å². The van der Waals surface area contributed by atoms with Crippen LogP contribution >= 0.6 is 0 Å². The molecule has 0 unspecified atom stereocenters. The van der Waals surface area contributed by atoms with Crippen LogP contribution in [0.25, 0.3) is 22.2 Å². The van der Waals surface area contributed by atoms with Crippen LogP contribution < -0.4 is 10.6 Å². The third kappa shape index (κ3) is 4.84. The average molecular weight is 494 g/mol. The third-order valence-electron chi connectivity index (χ3n) is 6.13. The Morgan fingerprint density at radius 3 is 2.38 bits per heavy atom. The van der Waals surface area contributed by atoms with Gasteiger partial charge in [-0.15, -0.1) is 0 Å². The monoisotopic (exact) mass is 493 g/mol. The van der Waals surface area contributed by atoms with E-state index in [1.165, 1.54) is 0 Å². The van der Waals surface area contributed by atoms with Gasteiger partial charge in [-0.3, -0.25) is 19.0 Å². The second-order valence-electron chi connectivity index (χ2n) is 8.58. The molecule has 37 heavy (non-hydrogen) atoms. The number of pyridine rings is 1. The first-order valence-electron chi connectivity index (χ1n) is 12.2. The highest BCUT2D eigenvalue weighted by molar-refractivity contribution is 6.13. The molecule has 0 atom stereocenters. The Balaban J connectivity index is 1.44. The Morgan fingerprint density at radius 1 is 0.892 bits per heavy atom. The lowest BCUT2D eigenvalue weighted by Gasteiger charge is -2.12. The summed E-state index contributed by atoms with van der Waals surface area (Å²) in [5, 5.41) is 15.3. The zero-order valence-corrected chi connectivity index (χ0v) is 20.9. The number of rotatable bonds is 7. The summed E-state index contributed by atoms with van der Waals surface area (Å²) < 4.78 is 3.48. The molecule has 5 rings (SSSR count). The van der Waals surface area contributed by atoms with Crippen molar-refractivity contribution < 1.29 is 9.59 Å². The second-order valence-corrected chi connectivity index (χ2v) is 8.58. The number of aryl methyl sites for hydroxylation is 3. The molecule has 0 fully saturated rings. The molecule has 9 heteroatoms. The highest BCUT2D eigenvalue weighted by Gasteiger charge is 2.17. The van der Waals surface area contributed by atoms with E-state index in [0.29, 0.717) is 34.9 Å². The van der Waals surface area contributed by atoms with Gasteiger partial charge in [0.15, 0.2) is 0 Å². The van der Waals surface area contributed by atoms with E-state index >= 15 is 0 Å². The van der Waals surface area contributed by atoms with Gasteiger partial charge in [-0.05, 0) is 57.2 Å². The molecule has 186 valence electrons. The van der Waals surface area contributed by atoms with Crippen LogP contribution in [0.5, 0.6) is 0 Å². The minimum Gasteiger partial charge on any atom is -0.322 e. The van der Waals surface area contributed by atoms with E-state index in [1.54, 1.807) is 47.3 Å². The summed E-state index contributed by atoms with van der Waals surface area (Å²) >= 11 is 0. The summed E-state index contributed by atoms with van der Waals surface area (Å²) in [4.78, 5) is 31.0. The van der Waals surface area contributed by atoms with Crippen LogP contribution in [0.2, 0.25) is 0 Å². The molecule has 0 bridgehead atoms. The predicted octanol–water partition coefficient (Wildman–Crippen LogP) is 5.15. The maximum Gasteiger partial charge on any atom is 0.273 e. The Labute approximate surface area is 214 Å². The molecule has 0 aliphatic rings. The Hall–Kier alpha value is -4.79. The van der Waals surface area contributed by atoms with Crippen molar-refractivity contribution in [3.8, 4) is 11.3 Å². The van der Waals surface area contributed by atoms with E-state index in [2.05, 4.69) is 20.8 Å². The number of nitrogens with one attached hydrogen (secondary N) is 2. The third-order valence-corrected chi connectivity index (χ3v) is 6.13. The van der Waals surface area contributed by atoms with E-state index in [9.17, 15) is 9.59 Å². The molecular weight excluding hydrogens is 466 g/mol. The number of amides is 2. The van der Waals surface area contributed by atoms with Crippen molar-refractivity contribution in [2.75, 3.05) is 10.6 Å². The molecule has 0 aliphatic heterocycles. The van der Waals surface area contributed by atoms with Crippen molar-refractivity contribution in [2.24, 2.45) is 0 Å². The SMILES string of the molecule is CCn1cc(-c2cc(C(=O)Nc3cccc(NC(=O)c4ccnn4CC)c3)c3ccccc3n2)c(C)n1. The molecule has 3 heterocycles. The van der Waals surface area contributed by atoms with E-state index in [-0.39, 0.29) is 11.8 Å². The first-order chi connectivity index (χ1) is 18.0. The second kappa shape index (κ2) is 10.1. The van der Waals surface area contributed by atoms with E-state index < -0.39 is 0 Å². The Morgan fingerprint density at radius 2 is 1.65 bits per heavy atom. The fourth-order valence-electron chi connectivity index (χ4n) is 4.28. The molecule has 2 N–H and O–H groups in total. The molecule has 3 aromatic heterocycles. The zero-order chi connectivity index (χ0) is 25.9. The van der Waals surface area contributed by atoms with Gasteiger partial charge >= 0.3 is 0 Å². The van der Waals surface area contributed by atoms with Crippen molar-refractivity contribution in [1.82, 2.24) is 24.5 Å². The van der Waals surface area contributed by atoms with Gasteiger partial charge in [0.1, 0.15) is 5.69 Å². The molecule has 0 radical (unpaired) electrons.